The third-order valence-corrected chi connectivity index (χ3v) is 4.14. The Hall–Kier alpha value is -0.580. The SMILES string of the molecule is c1cc(NC2CCC3(CC2)OCCO3)cs1. The Morgan fingerprint density at radius 3 is 2.62 bits per heavy atom. The van der Waals surface area contributed by atoms with Gasteiger partial charge >= 0.3 is 0 Å². The molecule has 1 aliphatic carbocycles. The van der Waals surface area contributed by atoms with Crippen molar-refractivity contribution in [3.05, 3.63) is 16.8 Å². The van der Waals surface area contributed by atoms with Crippen LogP contribution >= 0.6 is 11.3 Å². The van der Waals surface area contributed by atoms with Crippen LogP contribution in [0.25, 0.3) is 0 Å². The van der Waals surface area contributed by atoms with Gasteiger partial charge in [0.1, 0.15) is 0 Å². The zero-order valence-electron chi connectivity index (χ0n) is 9.28. The summed E-state index contributed by atoms with van der Waals surface area (Å²) in [4.78, 5) is 0. The summed E-state index contributed by atoms with van der Waals surface area (Å²) in [7, 11) is 0. The Kier molecular flexibility index (Phi) is 2.88. The van der Waals surface area contributed by atoms with Crippen LogP contribution in [0.15, 0.2) is 16.8 Å². The van der Waals surface area contributed by atoms with Crippen molar-refractivity contribution in [1.82, 2.24) is 0 Å². The van der Waals surface area contributed by atoms with Gasteiger partial charge in [-0.05, 0) is 24.3 Å². The third-order valence-electron chi connectivity index (χ3n) is 3.45. The van der Waals surface area contributed by atoms with Crippen LogP contribution in [0, 0.1) is 0 Å². The van der Waals surface area contributed by atoms with E-state index >= 15 is 0 Å². The molecule has 16 heavy (non-hydrogen) atoms. The second-order valence-electron chi connectivity index (χ2n) is 4.54. The van der Waals surface area contributed by atoms with Crippen molar-refractivity contribution in [3.8, 4) is 0 Å². The van der Waals surface area contributed by atoms with Crippen molar-refractivity contribution in [1.29, 1.82) is 0 Å². The van der Waals surface area contributed by atoms with Gasteiger partial charge in [0.25, 0.3) is 0 Å². The van der Waals surface area contributed by atoms with Gasteiger partial charge in [-0.2, -0.15) is 11.3 Å². The summed E-state index contributed by atoms with van der Waals surface area (Å²) in [5.41, 5.74) is 1.25. The van der Waals surface area contributed by atoms with Crippen LogP contribution in [0.5, 0.6) is 0 Å². The topological polar surface area (TPSA) is 30.5 Å². The predicted molar refractivity (Wildman–Crippen MR) is 64.8 cm³/mol. The van der Waals surface area contributed by atoms with Crippen LogP contribution in [0.1, 0.15) is 25.7 Å². The van der Waals surface area contributed by atoms with Crippen molar-refractivity contribution >= 4 is 17.0 Å². The van der Waals surface area contributed by atoms with Crippen LogP contribution in [0.3, 0.4) is 0 Å². The number of rotatable bonds is 2. The van der Waals surface area contributed by atoms with Gasteiger partial charge in [0.05, 0.1) is 13.2 Å². The van der Waals surface area contributed by atoms with E-state index in [9.17, 15) is 0 Å². The Morgan fingerprint density at radius 1 is 1.25 bits per heavy atom. The molecular weight excluding hydrogens is 222 g/mol. The van der Waals surface area contributed by atoms with E-state index < -0.39 is 0 Å². The maximum atomic E-state index is 5.72. The smallest absolute Gasteiger partial charge is 0.168 e. The lowest BCUT2D eigenvalue weighted by Gasteiger charge is -2.35. The van der Waals surface area contributed by atoms with E-state index in [-0.39, 0.29) is 5.79 Å². The molecule has 0 amide bonds. The third kappa shape index (κ3) is 2.10. The molecule has 3 nitrogen and oxygen atoms in total. The maximum absolute atomic E-state index is 5.72. The summed E-state index contributed by atoms with van der Waals surface area (Å²) in [5.74, 6) is -0.229. The molecule has 1 spiro atoms. The summed E-state index contributed by atoms with van der Waals surface area (Å²) in [6.45, 7) is 1.53. The van der Waals surface area contributed by atoms with Gasteiger partial charge < -0.3 is 14.8 Å². The molecule has 2 fully saturated rings. The second kappa shape index (κ2) is 4.35. The molecule has 2 heterocycles. The van der Waals surface area contributed by atoms with E-state index in [4.69, 9.17) is 9.47 Å². The van der Waals surface area contributed by atoms with Crippen LogP contribution in [0.2, 0.25) is 0 Å². The highest BCUT2D eigenvalue weighted by molar-refractivity contribution is 7.08. The molecule has 0 aromatic carbocycles. The number of ether oxygens (including phenoxy) is 2. The zero-order valence-corrected chi connectivity index (χ0v) is 10.1. The van der Waals surface area contributed by atoms with E-state index in [0.717, 1.165) is 38.9 Å². The Bertz CT molecular complexity index is 323. The summed E-state index contributed by atoms with van der Waals surface area (Å²) >= 11 is 1.74. The minimum atomic E-state index is -0.229. The molecule has 1 aromatic heterocycles. The van der Waals surface area contributed by atoms with E-state index in [1.54, 1.807) is 11.3 Å². The normalized spacial score (nSPS) is 25.0. The molecule has 1 saturated heterocycles. The van der Waals surface area contributed by atoms with Crippen molar-refractivity contribution in [3.63, 3.8) is 0 Å². The van der Waals surface area contributed by atoms with E-state index in [1.165, 1.54) is 5.69 Å². The van der Waals surface area contributed by atoms with E-state index in [0.29, 0.717) is 6.04 Å². The van der Waals surface area contributed by atoms with Crippen molar-refractivity contribution in [2.45, 2.75) is 37.5 Å². The number of hydrogen-bond donors (Lipinski definition) is 1. The van der Waals surface area contributed by atoms with Crippen molar-refractivity contribution < 1.29 is 9.47 Å². The fraction of sp³-hybridized carbons (Fsp3) is 0.667. The molecule has 4 heteroatoms. The monoisotopic (exact) mass is 239 g/mol. The average molecular weight is 239 g/mol. The standard InChI is InChI=1S/C12H17NO2S/c1-4-12(14-6-7-15-12)5-2-10(1)13-11-3-8-16-9-11/h3,8-10,13H,1-2,4-7H2. The molecule has 1 N–H and O–H groups in total. The second-order valence-corrected chi connectivity index (χ2v) is 5.32. The lowest BCUT2D eigenvalue weighted by Crippen LogP contribution is -2.39. The van der Waals surface area contributed by atoms with Crippen LogP contribution in [0.4, 0.5) is 5.69 Å². The minimum Gasteiger partial charge on any atom is -0.382 e. The Morgan fingerprint density at radius 2 is 2.00 bits per heavy atom. The molecule has 0 radical (unpaired) electrons. The van der Waals surface area contributed by atoms with Crippen LogP contribution in [-0.4, -0.2) is 25.0 Å². The fourth-order valence-electron chi connectivity index (χ4n) is 2.57. The molecule has 0 unspecified atom stereocenters. The average Bonchev–Trinajstić information content (AvgIpc) is 2.94. The first-order chi connectivity index (χ1) is 7.86. The van der Waals surface area contributed by atoms with Crippen LogP contribution in [-0.2, 0) is 9.47 Å². The lowest BCUT2D eigenvalue weighted by atomic mass is 9.90. The van der Waals surface area contributed by atoms with Gasteiger partial charge in [-0.25, -0.2) is 0 Å². The minimum absolute atomic E-state index is 0.229. The van der Waals surface area contributed by atoms with Gasteiger partial charge in [-0.3, -0.25) is 0 Å². The molecule has 3 rings (SSSR count). The summed E-state index contributed by atoms with van der Waals surface area (Å²) in [5, 5.41) is 7.83. The highest BCUT2D eigenvalue weighted by Gasteiger charge is 2.40. The molecule has 1 saturated carbocycles. The molecule has 1 aromatic rings. The highest BCUT2D eigenvalue weighted by Crippen LogP contribution is 2.36. The zero-order chi connectivity index (χ0) is 10.8. The predicted octanol–water partition coefficient (Wildman–Crippen LogP) is 2.85. The first kappa shape index (κ1) is 10.6. The first-order valence-electron chi connectivity index (χ1n) is 5.93. The Balaban J connectivity index is 1.54. The molecule has 0 atom stereocenters. The number of anilines is 1. The summed E-state index contributed by atoms with van der Waals surface area (Å²) < 4.78 is 11.4. The lowest BCUT2D eigenvalue weighted by molar-refractivity contribution is -0.177. The number of nitrogens with one attached hydrogen (secondary N) is 1. The molecular formula is C12H17NO2S. The quantitative estimate of drug-likeness (QED) is 0.861. The largest absolute Gasteiger partial charge is 0.382 e. The van der Waals surface area contributed by atoms with Gasteiger partial charge in [0.15, 0.2) is 5.79 Å². The van der Waals surface area contributed by atoms with Crippen molar-refractivity contribution in [2.75, 3.05) is 18.5 Å². The fourth-order valence-corrected chi connectivity index (χ4v) is 3.17. The molecule has 0 bridgehead atoms. The highest BCUT2D eigenvalue weighted by atomic mass is 32.1. The molecule has 2 aliphatic rings. The van der Waals surface area contributed by atoms with E-state index in [2.05, 4.69) is 22.1 Å². The van der Waals surface area contributed by atoms with Gasteiger partial charge in [-0.1, -0.05) is 0 Å². The van der Waals surface area contributed by atoms with Gasteiger partial charge in [0.2, 0.25) is 0 Å². The van der Waals surface area contributed by atoms with Gasteiger partial charge in [-0.15, -0.1) is 0 Å². The summed E-state index contributed by atoms with van der Waals surface area (Å²) in [6.07, 6.45) is 4.31. The molecule has 88 valence electrons. The van der Waals surface area contributed by atoms with Crippen LogP contribution < -0.4 is 5.32 Å². The first-order valence-corrected chi connectivity index (χ1v) is 6.87. The van der Waals surface area contributed by atoms with E-state index in [1.807, 2.05) is 0 Å². The van der Waals surface area contributed by atoms with Gasteiger partial charge in [0, 0.05) is 30.0 Å². The maximum Gasteiger partial charge on any atom is 0.168 e. The summed E-state index contributed by atoms with van der Waals surface area (Å²) in [6, 6.07) is 2.71. The number of hydrogen-bond acceptors (Lipinski definition) is 4. The van der Waals surface area contributed by atoms with Crippen molar-refractivity contribution in [2.24, 2.45) is 0 Å². The molecule has 1 aliphatic heterocycles. The number of thiophene rings is 1. The Labute approximate surface area is 99.8 Å².